The van der Waals surface area contributed by atoms with Crippen LogP contribution in [0.1, 0.15) is 25.8 Å². The average molecular weight is 267 g/mol. The Morgan fingerprint density at radius 1 is 1.21 bits per heavy atom. The summed E-state index contributed by atoms with van der Waals surface area (Å²) in [5.74, 6) is 1.98. The number of aliphatic hydroxyl groups is 1. The number of ether oxygens (including phenoxy) is 2. The molecule has 1 rings (SSSR count). The molecular formula is C15H25NO3. The third kappa shape index (κ3) is 4.40. The molecule has 0 saturated heterocycles. The van der Waals surface area contributed by atoms with Crippen molar-refractivity contribution in [3.63, 3.8) is 0 Å². The van der Waals surface area contributed by atoms with Gasteiger partial charge in [0.2, 0.25) is 0 Å². The van der Waals surface area contributed by atoms with Gasteiger partial charge in [0.05, 0.1) is 14.2 Å². The lowest BCUT2D eigenvalue weighted by atomic mass is 10.0. The molecule has 0 radical (unpaired) electrons. The highest BCUT2D eigenvalue weighted by atomic mass is 16.5. The van der Waals surface area contributed by atoms with E-state index >= 15 is 0 Å². The number of benzene rings is 1. The van der Waals surface area contributed by atoms with E-state index < -0.39 is 0 Å². The van der Waals surface area contributed by atoms with Gasteiger partial charge in [0, 0.05) is 24.8 Å². The maximum absolute atomic E-state index is 9.08. The van der Waals surface area contributed by atoms with E-state index in [2.05, 4.69) is 19.2 Å². The molecule has 2 N–H and O–H groups in total. The highest BCUT2D eigenvalue weighted by Gasteiger charge is 2.14. The summed E-state index contributed by atoms with van der Waals surface area (Å²) in [6, 6.07) is 6.15. The first-order chi connectivity index (χ1) is 9.13. The first-order valence-corrected chi connectivity index (χ1v) is 6.68. The fourth-order valence-corrected chi connectivity index (χ4v) is 2.14. The maximum atomic E-state index is 9.08. The van der Waals surface area contributed by atoms with Gasteiger partial charge in [-0.15, -0.1) is 0 Å². The zero-order chi connectivity index (χ0) is 14.3. The predicted molar refractivity (Wildman–Crippen MR) is 76.7 cm³/mol. The van der Waals surface area contributed by atoms with Crippen LogP contribution in [0, 0.1) is 5.92 Å². The molecule has 0 bridgehead atoms. The summed E-state index contributed by atoms with van der Waals surface area (Å²) in [5, 5.41) is 12.5. The van der Waals surface area contributed by atoms with Gasteiger partial charge in [-0.25, -0.2) is 0 Å². The van der Waals surface area contributed by atoms with Gasteiger partial charge in [0.25, 0.3) is 0 Å². The van der Waals surface area contributed by atoms with Crippen LogP contribution in [-0.2, 0) is 6.54 Å². The minimum Gasteiger partial charge on any atom is -0.493 e. The Morgan fingerprint density at radius 3 is 2.47 bits per heavy atom. The second-order valence-electron chi connectivity index (χ2n) is 4.90. The molecule has 4 nitrogen and oxygen atoms in total. The number of aliphatic hydroxyl groups excluding tert-OH is 1. The summed E-state index contributed by atoms with van der Waals surface area (Å²) in [4.78, 5) is 0. The lowest BCUT2D eigenvalue weighted by Gasteiger charge is -2.22. The fraction of sp³-hybridized carbons (Fsp3) is 0.600. The molecule has 19 heavy (non-hydrogen) atoms. The van der Waals surface area contributed by atoms with Crippen LogP contribution in [0.3, 0.4) is 0 Å². The van der Waals surface area contributed by atoms with Crippen LogP contribution in [0.5, 0.6) is 11.5 Å². The van der Waals surface area contributed by atoms with Crippen molar-refractivity contribution in [2.24, 2.45) is 5.92 Å². The van der Waals surface area contributed by atoms with E-state index in [1.54, 1.807) is 14.2 Å². The third-order valence-electron chi connectivity index (χ3n) is 3.28. The van der Waals surface area contributed by atoms with Crippen molar-refractivity contribution >= 4 is 0 Å². The van der Waals surface area contributed by atoms with E-state index in [0.29, 0.717) is 18.5 Å². The molecule has 0 fully saturated rings. The number of hydrogen-bond donors (Lipinski definition) is 2. The lowest BCUT2D eigenvalue weighted by Crippen LogP contribution is -2.34. The molecule has 0 aromatic heterocycles. The molecule has 1 unspecified atom stereocenters. The zero-order valence-corrected chi connectivity index (χ0v) is 12.3. The summed E-state index contributed by atoms with van der Waals surface area (Å²) in [6.07, 6.45) is 0.754. The number of para-hydroxylation sites is 1. The van der Waals surface area contributed by atoms with Crippen molar-refractivity contribution in [1.29, 1.82) is 0 Å². The van der Waals surface area contributed by atoms with Crippen molar-refractivity contribution in [3.05, 3.63) is 23.8 Å². The van der Waals surface area contributed by atoms with Gasteiger partial charge < -0.3 is 19.9 Å². The summed E-state index contributed by atoms with van der Waals surface area (Å²) in [5.41, 5.74) is 1.06. The van der Waals surface area contributed by atoms with E-state index in [0.717, 1.165) is 23.5 Å². The maximum Gasteiger partial charge on any atom is 0.165 e. The Balaban J connectivity index is 2.76. The number of nitrogens with one attached hydrogen (secondary N) is 1. The van der Waals surface area contributed by atoms with Crippen LogP contribution < -0.4 is 14.8 Å². The summed E-state index contributed by atoms with van der Waals surface area (Å²) in [7, 11) is 3.28. The van der Waals surface area contributed by atoms with Gasteiger partial charge in [-0.05, 0) is 18.4 Å². The van der Waals surface area contributed by atoms with Crippen molar-refractivity contribution < 1.29 is 14.6 Å². The van der Waals surface area contributed by atoms with Crippen LogP contribution in [0.25, 0.3) is 0 Å². The monoisotopic (exact) mass is 267 g/mol. The second-order valence-corrected chi connectivity index (χ2v) is 4.90. The molecule has 0 aliphatic carbocycles. The lowest BCUT2D eigenvalue weighted by molar-refractivity contribution is 0.243. The summed E-state index contributed by atoms with van der Waals surface area (Å²) >= 11 is 0. The Hall–Kier alpha value is -1.26. The molecule has 108 valence electrons. The van der Waals surface area contributed by atoms with Crippen LogP contribution in [0.2, 0.25) is 0 Å². The molecule has 1 aromatic rings. The highest BCUT2D eigenvalue weighted by Crippen LogP contribution is 2.30. The van der Waals surface area contributed by atoms with Gasteiger partial charge in [-0.3, -0.25) is 0 Å². The normalized spacial score (nSPS) is 12.5. The smallest absolute Gasteiger partial charge is 0.165 e. The van der Waals surface area contributed by atoms with Crippen molar-refractivity contribution in [2.45, 2.75) is 32.9 Å². The van der Waals surface area contributed by atoms with E-state index in [9.17, 15) is 0 Å². The van der Waals surface area contributed by atoms with Crippen LogP contribution >= 0.6 is 0 Å². The van der Waals surface area contributed by atoms with E-state index in [1.165, 1.54) is 0 Å². The molecule has 0 aliphatic rings. The first kappa shape index (κ1) is 15.8. The second kappa shape index (κ2) is 8.02. The molecule has 0 saturated carbocycles. The SMILES string of the molecule is COc1cccc(CNC(CCO)C(C)C)c1OC. The van der Waals surface area contributed by atoms with Gasteiger partial charge in [-0.1, -0.05) is 26.0 Å². The topological polar surface area (TPSA) is 50.7 Å². The van der Waals surface area contributed by atoms with Crippen LogP contribution in [0.15, 0.2) is 18.2 Å². The average Bonchev–Trinajstić information content (AvgIpc) is 2.42. The van der Waals surface area contributed by atoms with Gasteiger partial charge in [0.15, 0.2) is 11.5 Å². The van der Waals surface area contributed by atoms with Crippen LogP contribution in [0.4, 0.5) is 0 Å². The highest BCUT2D eigenvalue weighted by molar-refractivity contribution is 5.46. The molecule has 0 heterocycles. The fourth-order valence-electron chi connectivity index (χ4n) is 2.14. The molecule has 1 atom stereocenters. The molecule has 1 aromatic carbocycles. The van der Waals surface area contributed by atoms with E-state index in [-0.39, 0.29) is 6.61 Å². The quantitative estimate of drug-likeness (QED) is 0.758. The van der Waals surface area contributed by atoms with Crippen molar-refractivity contribution in [3.8, 4) is 11.5 Å². The van der Waals surface area contributed by atoms with Crippen LogP contribution in [-0.4, -0.2) is 32.0 Å². The Bertz CT molecular complexity index is 380. The Morgan fingerprint density at radius 2 is 1.95 bits per heavy atom. The molecule has 0 aliphatic heterocycles. The third-order valence-corrected chi connectivity index (χ3v) is 3.28. The minimum absolute atomic E-state index is 0.199. The van der Waals surface area contributed by atoms with Gasteiger partial charge in [-0.2, -0.15) is 0 Å². The number of methoxy groups -OCH3 is 2. The largest absolute Gasteiger partial charge is 0.493 e. The number of hydrogen-bond acceptors (Lipinski definition) is 4. The minimum atomic E-state index is 0.199. The van der Waals surface area contributed by atoms with Crippen molar-refractivity contribution in [1.82, 2.24) is 5.32 Å². The molecule has 0 amide bonds. The molecule has 0 spiro atoms. The summed E-state index contributed by atoms with van der Waals surface area (Å²) in [6.45, 7) is 5.20. The van der Waals surface area contributed by atoms with E-state index in [1.807, 2.05) is 18.2 Å². The standard InChI is InChI=1S/C15H25NO3/c1-11(2)13(8-9-17)16-10-12-6-5-7-14(18-3)15(12)19-4/h5-7,11,13,16-17H,8-10H2,1-4H3. The number of rotatable bonds is 8. The predicted octanol–water partition coefficient (Wildman–Crippen LogP) is 2.20. The zero-order valence-electron chi connectivity index (χ0n) is 12.3. The summed E-state index contributed by atoms with van der Waals surface area (Å²) < 4.78 is 10.7. The molecular weight excluding hydrogens is 242 g/mol. The molecule has 4 heteroatoms. The first-order valence-electron chi connectivity index (χ1n) is 6.68. The van der Waals surface area contributed by atoms with Gasteiger partial charge >= 0.3 is 0 Å². The van der Waals surface area contributed by atoms with E-state index in [4.69, 9.17) is 14.6 Å². The van der Waals surface area contributed by atoms with Gasteiger partial charge in [0.1, 0.15) is 0 Å². The Labute approximate surface area is 115 Å². The Kier molecular flexibility index (Phi) is 6.67. The van der Waals surface area contributed by atoms with Crippen molar-refractivity contribution in [2.75, 3.05) is 20.8 Å².